The van der Waals surface area contributed by atoms with Crippen molar-refractivity contribution in [3.05, 3.63) is 35.9 Å². The average Bonchev–Trinajstić information content (AvgIpc) is 2.35. The first kappa shape index (κ1) is 14.2. The van der Waals surface area contributed by atoms with Crippen molar-refractivity contribution in [2.45, 2.75) is 19.4 Å². The third-order valence-corrected chi connectivity index (χ3v) is 3.95. The monoisotopic (exact) mass is 256 g/mol. The van der Waals surface area contributed by atoms with E-state index in [4.69, 9.17) is 0 Å². The Morgan fingerprint density at radius 1 is 1.24 bits per heavy atom. The molecule has 0 aromatic heterocycles. The molecule has 0 heterocycles. The Bertz CT molecular complexity index is 417. The van der Waals surface area contributed by atoms with Crippen molar-refractivity contribution >= 4 is 10.0 Å². The summed E-state index contributed by atoms with van der Waals surface area (Å²) in [4.78, 5) is 0. The Labute approximate surface area is 103 Å². The Balaban J connectivity index is 2.40. The highest BCUT2D eigenvalue weighted by atomic mass is 32.2. The number of nitrogens with one attached hydrogen (secondary N) is 2. The third-order valence-electron chi connectivity index (χ3n) is 2.60. The maximum atomic E-state index is 11.7. The second kappa shape index (κ2) is 6.74. The first-order chi connectivity index (χ1) is 8.03. The summed E-state index contributed by atoms with van der Waals surface area (Å²) in [6, 6.07) is 9.76. The minimum absolute atomic E-state index is 0.132. The van der Waals surface area contributed by atoms with Gasteiger partial charge in [0.25, 0.3) is 0 Å². The highest BCUT2D eigenvalue weighted by Gasteiger charge is 2.11. The zero-order valence-electron chi connectivity index (χ0n) is 10.3. The smallest absolute Gasteiger partial charge is 0.211 e. The van der Waals surface area contributed by atoms with Crippen LogP contribution in [0.15, 0.2) is 30.3 Å². The molecule has 0 radical (unpaired) electrons. The minimum atomic E-state index is -3.17. The van der Waals surface area contributed by atoms with Crippen molar-refractivity contribution < 1.29 is 8.42 Å². The molecule has 4 nitrogen and oxygen atoms in total. The maximum absolute atomic E-state index is 11.7. The number of sulfonamides is 1. The molecule has 2 N–H and O–H groups in total. The van der Waals surface area contributed by atoms with Gasteiger partial charge < -0.3 is 5.32 Å². The lowest BCUT2D eigenvalue weighted by Gasteiger charge is -2.11. The molecule has 5 heteroatoms. The molecular formula is C12H20N2O2S. The Kier molecular flexibility index (Phi) is 5.61. The van der Waals surface area contributed by atoms with Gasteiger partial charge >= 0.3 is 0 Å². The number of hydrogen-bond donors (Lipinski definition) is 2. The van der Waals surface area contributed by atoms with Crippen LogP contribution in [0.3, 0.4) is 0 Å². The number of rotatable bonds is 7. The normalized spacial score (nSPS) is 13.5. The Morgan fingerprint density at radius 3 is 2.47 bits per heavy atom. The summed E-state index contributed by atoms with van der Waals surface area (Å²) in [5.41, 5.74) is 1.04. The summed E-state index contributed by atoms with van der Waals surface area (Å²) in [6.45, 7) is 2.35. The maximum Gasteiger partial charge on any atom is 0.211 e. The quantitative estimate of drug-likeness (QED) is 0.757. The van der Waals surface area contributed by atoms with Crippen LogP contribution in [0.1, 0.15) is 12.5 Å². The summed E-state index contributed by atoms with van der Waals surface area (Å²) >= 11 is 0. The molecule has 0 aliphatic rings. The zero-order chi connectivity index (χ0) is 12.7. The van der Waals surface area contributed by atoms with Gasteiger partial charge in [-0.3, -0.25) is 0 Å². The molecule has 0 aliphatic heterocycles. The molecule has 0 aliphatic carbocycles. The van der Waals surface area contributed by atoms with Crippen LogP contribution in [-0.2, 0) is 16.4 Å². The fourth-order valence-corrected chi connectivity index (χ4v) is 2.48. The third kappa shape index (κ3) is 5.81. The van der Waals surface area contributed by atoms with Crippen molar-refractivity contribution in [1.29, 1.82) is 0 Å². The van der Waals surface area contributed by atoms with Crippen LogP contribution in [0.5, 0.6) is 0 Å². The largest absolute Gasteiger partial charge is 0.316 e. The lowest BCUT2D eigenvalue weighted by molar-refractivity contribution is 0.554. The van der Waals surface area contributed by atoms with Gasteiger partial charge in [0.15, 0.2) is 0 Å². The van der Waals surface area contributed by atoms with E-state index in [1.165, 1.54) is 0 Å². The molecule has 0 saturated carbocycles. The van der Waals surface area contributed by atoms with Crippen molar-refractivity contribution in [3.8, 4) is 0 Å². The lowest BCUT2D eigenvalue weighted by Crippen LogP contribution is -2.38. The SMILES string of the molecule is CNC(C)CNS(=O)(=O)CCc1ccccc1. The Hall–Kier alpha value is -0.910. The van der Waals surface area contributed by atoms with E-state index >= 15 is 0 Å². The van der Waals surface area contributed by atoms with E-state index in [-0.39, 0.29) is 11.8 Å². The van der Waals surface area contributed by atoms with E-state index in [0.717, 1.165) is 5.56 Å². The summed E-state index contributed by atoms with van der Waals surface area (Å²) in [6.07, 6.45) is 0.546. The average molecular weight is 256 g/mol. The van der Waals surface area contributed by atoms with E-state index in [1.807, 2.05) is 44.3 Å². The molecule has 0 bridgehead atoms. The van der Waals surface area contributed by atoms with E-state index in [2.05, 4.69) is 10.0 Å². The van der Waals surface area contributed by atoms with Gasteiger partial charge in [-0.2, -0.15) is 0 Å². The molecule has 1 aromatic carbocycles. The zero-order valence-corrected chi connectivity index (χ0v) is 11.1. The second-order valence-corrected chi connectivity index (χ2v) is 6.02. The number of benzene rings is 1. The molecule has 0 fully saturated rings. The predicted molar refractivity (Wildman–Crippen MR) is 70.5 cm³/mol. The highest BCUT2D eigenvalue weighted by Crippen LogP contribution is 2.01. The van der Waals surface area contributed by atoms with Crippen LogP contribution >= 0.6 is 0 Å². The molecule has 0 amide bonds. The molecule has 0 saturated heterocycles. The minimum Gasteiger partial charge on any atom is -0.316 e. The van der Waals surface area contributed by atoms with E-state index < -0.39 is 10.0 Å². The Morgan fingerprint density at radius 2 is 1.88 bits per heavy atom. The van der Waals surface area contributed by atoms with Gasteiger partial charge in [0.05, 0.1) is 5.75 Å². The summed E-state index contributed by atoms with van der Waals surface area (Å²) in [5, 5.41) is 2.98. The van der Waals surface area contributed by atoms with Crippen LogP contribution in [0.25, 0.3) is 0 Å². The van der Waals surface area contributed by atoms with Crippen LogP contribution in [0.2, 0.25) is 0 Å². The van der Waals surface area contributed by atoms with Gasteiger partial charge in [0, 0.05) is 12.6 Å². The van der Waals surface area contributed by atoms with Gasteiger partial charge in [-0.25, -0.2) is 13.1 Å². The number of aryl methyl sites for hydroxylation is 1. The molecule has 1 unspecified atom stereocenters. The second-order valence-electron chi connectivity index (χ2n) is 4.09. The fourth-order valence-electron chi connectivity index (χ4n) is 1.32. The van der Waals surface area contributed by atoms with E-state index in [0.29, 0.717) is 13.0 Å². The lowest BCUT2D eigenvalue weighted by atomic mass is 10.2. The molecule has 1 rings (SSSR count). The summed E-state index contributed by atoms with van der Waals surface area (Å²) < 4.78 is 26.0. The number of hydrogen-bond acceptors (Lipinski definition) is 3. The van der Waals surface area contributed by atoms with Crippen molar-refractivity contribution in [2.75, 3.05) is 19.3 Å². The molecular weight excluding hydrogens is 236 g/mol. The van der Waals surface area contributed by atoms with Crippen LogP contribution in [0, 0.1) is 0 Å². The van der Waals surface area contributed by atoms with Gasteiger partial charge in [-0.1, -0.05) is 30.3 Å². The molecule has 1 aromatic rings. The van der Waals surface area contributed by atoms with Crippen molar-refractivity contribution in [2.24, 2.45) is 0 Å². The van der Waals surface area contributed by atoms with E-state index in [9.17, 15) is 8.42 Å². The number of likely N-dealkylation sites (N-methyl/N-ethyl adjacent to an activating group) is 1. The molecule has 17 heavy (non-hydrogen) atoms. The van der Waals surface area contributed by atoms with Crippen molar-refractivity contribution in [3.63, 3.8) is 0 Å². The molecule has 0 spiro atoms. The van der Waals surface area contributed by atoms with E-state index in [1.54, 1.807) is 0 Å². The first-order valence-electron chi connectivity index (χ1n) is 5.72. The molecule has 1 atom stereocenters. The predicted octanol–water partition coefficient (Wildman–Crippen LogP) is 0.756. The van der Waals surface area contributed by atoms with Gasteiger partial charge in [-0.15, -0.1) is 0 Å². The topological polar surface area (TPSA) is 58.2 Å². The van der Waals surface area contributed by atoms with Gasteiger partial charge in [0.1, 0.15) is 0 Å². The highest BCUT2D eigenvalue weighted by molar-refractivity contribution is 7.89. The van der Waals surface area contributed by atoms with Crippen LogP contribution in [0.4, 0.5) is 0 Å². The van der Waals surface area contributed by atoms with Crippen molar-refractivity contribution in [1.82, 2.24) is 10.0 Å². The van der Waals surface area contributed by atoms with Crippen LogP contribution in [-0.4, -0.2) is 33.8 Å². The summed E-state index contributed by atoms with van der Waals surface area (Å²) in [5.74, 6) is 0.132. The van der Waals surface area contributed by atoms with Gasteiger partial charge in [0.2, 0.25) is 10.0 Å². The van der Waals surface area contributed by atoms with Gasteiger partial charge in [-0.05, 0) is 26.0 Å². The standard InChI is InChI=1S/C12H20N2O2S/c1-11(13-2)10-14-17(15,16)9-8-12-6-4-3-5-7-12/h3-7,11,13-14H,8-10H2,1-2H3. The summed E-state index contributed by atoms with van der Waals surface area (Å²) in [7, 11) is -1.37. The van der Waals surface area contributed by atoms with Crippen LogP contribution < -0.4 is 10.0 Å². The molecule has 96 valence electrons. The first-order valence-corrected chi connectivity index (χ1v) is 7.37. The fraction of sp³-hybridized carbons (Fsp3) is 0.500.